The van der Waals surface area contributed by atoms with Crippen molar-refractivity contribution in [1.82, 2.24) is 0 Å². The molecule has 0 saturated carbocycles. The number of carbonyl (C=O) groups is 2. The molecule has 0 saturated heterocycles. The Morgan fingerprint density at radius 1 is 1.32 bits per heavy atom. The average molecular weight is 273 g/mol. The lowest BCUT2D eigenvalue weighted by atomic mass is 10.1. The molecule has 0 aromatic heterocycles. The van der Waals surface area contributed by atoms with E-state index in [2.05, 4.69) is 0 Å². The second kappa shape index (κ2) is 4.56. The fourth-order valence-corrected chi connectivity index (χ4v) is 2.24. The minimum atomic E-state index is -5.02. The molecule has 1 aromatic rings. The van der Waals surface area contributed by atoms with Gasteiger partial charge >= 0.3 is 18.1 Å². The van der Waals surface area contributed by atoms with Crippen LogP contribution in [0.2, 0.25) is 0 Å². The van der Waals surface area contributed by atoms with E-state index in [4.69, 9.17) is 5.11 Å². The molecule has 0 spiro atoms. The van der Waals surface area contributed by atoms with Gasteiger partial charge in [-0.3, -0.25) is 9.59 Å². The number of carbonyl (C=O) groups excluding carboxylic acids is 1. The number of fused-ring (bicyclic) bond motifs is 1. The third-order valence-electron chi connectivity index (χ3n) is 2.94. The van der Waals surface area contributed by atoms with Gasteiger partial charge in [0.05, 0.1) is 12.5 Å². The first-order valence-electron chi connectivity index (χ1n) is 5.51. The molecule has 1 N–H and O–H groups in total. The molecule has 2 rings (SSSR count). The zero-order chi connectivity index (χ0) is 14.2. The highest BCUT2D eigenvalue weighted by atomic mass is 19.4. The Morgan fingerprint density at radius 2 is 1.95 bits per heavy atom. The SMILES string of the molecule is O=C(O)CC1Cc2ccccc2N1C(=O)C(F)(F)F. The fourth-order valence-electron chi connectivity index (χ4n) is 2.24. The Morgan fingerprint density at radius 3 is 2.53 bits per heavy atom. The lowest BCUT2D eigenvalue weighted by molar-refractivity contribution is -0.171. The van der Waals surface area contributed by atoms with Gasteiger partial charge in [-0.2, -0.15) is 13.2 Å². The Bertz CT molecular complexity index is 527. The smallest absolute Gasteiger partial charge is 0.471 e. The molecule has 1 heterocycles. The van der Waals surface area contributed by atoms with Gasteiger partial charge in [0.1, 0.15) is 0 Å². The maximum absolute atomic E-state index is 12.6. The van der Waals surface area contributed by atoms with E-state index in [1.807, 2.05) is 0 Å². The van der Waals surface area contributed by atoms with Gasteiger partial charge in [0.15, 0.2) is 0 Å². The van der Waals surface area contributed by atoms with Gasteiger partial charge in [0.2, 0.25) is 0 Å². The molecule has 19 heavy (non-hydrogen) atoms. The lowest BCUT2D eigenvalue weighted by Crippen LogP contribution is -2.46. The largest absolute Gasteiger partial charge is 0.481 e. The van der Waals surface area contributed by atoms with Crippen LogP contribution in [0.4, 0.5) is 18.9 Å². The van der Waals surface area contributed by atoms with Crippen LogP contribution in [0.5, 0.6) is 0 Å². The van der Waals surface area contributed by atoms with Crippen molar-refractivity contribution in [3.05, 3.63) is 29.8 Å². The zero-order valence-electron chi connectivity index (χ0n) is 9.65. The molecular formula is C12H10F3NO3. The first kappa shape index (κ1) is 13.4. The second-order valence-corrected chi connectivity index (χ2v) is 4.26. The fraction of sp³-hybridized carbons (Fsp3) is 0.333. The molecule has 1 aliphatic rings. The summed E-state index contributed by atoms with van der Waals surface area (Å²) in [6.07, 6.45) is -5.42. The Labute approximate surface area is 106 Å². The number of carboxylic acid groups (broad SMARTS) is 1. The van der Waals surface area contributed by atoms with Crippen LogP contribution in [0, 0.1) is 0 Å². The number of amides is 1. The van der Waals surface area contributed by atoms with Crippen molar-refractivity contribution in [1.29, 1.82) is 0 Å². The summed E-state index contributed by atoms with van der Waals surface area (Å²) in [5, 5.41) is 8.74. The molecule has 1 unspecified atom stereocenters. The summed E-state index contributed by atoms with van der Waals surface area (Å²) in [5.74, 6) is -3.26. The van der Waals surface area contributed by atoms with E-state index in [9.17, 15) is 22.8 Å². The summed E-state index contributed by atoms with van der Waals surface area (Å²) in [4.78, 5) is 22.7. The number of aliphatic carboxylic acids is 1. The molecule has 0 bridgehead atoms. The van der Waals surface area contributed by atoms with Crippen molar-refractivity contribution in [2.75, 3.05) is 4.90 Å². The number of anilines is 1. The number of carboxylic acids is 1. The van der Waals surface area contributed by atoms with E-state index in [0.717, 1.165) is 0 Å². The van der Waals surface area contributed by atoms with Crippen LogP contribution in [0.15, 0.2) is 24.3 Å². The number of para-hydroxylation sites is 1. The van der Waals surface area contributed by atoms with Gasteiger partial charge in [0, 0.05) is 5.69 Å². The Hall–Kier alpha value is -2.05. The van der Waals surface area contributed by atoms with Gasteiger partial charge in [-0.25, -0.2) is 0 Å². The monoisotopic (exact) mass is 273 g/mol. The maximum Gasteiger partial charge on any atom is 0.471 e. The van der Waals surface area contributed by atoms with E-state index in [1.54, 1.807) is 12.1 Å². The number of hydrogen-bond donors (Lipinski definition) is 1. The van der Waals surface area contributed by atoms with Gasteiger partial charge in [-0.05, 0) is 18.1 Å². The highest BCUT2D eigenvalue weighted by molar-refractivity contribution is 6.00. The van der Waals surface area contributed by atoms with Crippen molar-refractivity contribution in [2.45, 2.75) is 25.1 Å². The van der Waals surface area contributed by atoms with Crippen molar-refractivity contribution >= 4 is 17.6 Å². The molecule has 1 aliphatic heterocycles. The van der Waals surface area contributed by atoms with Crippen molar-refractivity contribution in [3.63, 3.8) is 0 Å². The minimum absolute atomic E-state index is 0.115. The summed E-state index contributed by atoms with van der Waals surface area (Å²) < 4.78 is 37.7. The third-order valence-corrected chi connectivity index (χ3v) is 2.94. The van der Waals surface area contributed by atoms with Gasteiger partial charge < -0.3 is 10.0 Å². The van der Waals surface area contributed by atoms with Crippen LogP contribution < -0.4 is 4.90 Å². The first-order valence-corrected chi connectivity index (χ1v) is 5.51. The van der Waals surface area contributed by atoms with Crippen LogP contribution in [-0.2, 0) is 16.0 Å². The van der Waals surface area contributed by atoms with Crippen molar-refractivity contribution < 1.29 is 27.9 Å². The second-order valence-electron chi connectivity index (χ2n) is 4.26. The van der Waals surface area contributed by atoms with Gasteiger partial charge in [-0.1, -0.05) is 18.2 Å². The molecule has 1 amide bonds. The highest BCUT2D eigenvalue weighted by Gasteiger charge is 2.48. The molecule has 0 aliphatic carbocycles. The van der Waals surface area contributed by atoms with Crippen LogP contribution in [-0.4, -0.2) is 29.2 Å². The van der Waals surface area contributed by atoms with Crippen LogP contribution >= 0.6 is 0 Å². The van der Waals surface area contributed by atoms with E-state index >= 15 is 0 Å². The first-order chi connectivity index (χ1) is 8.80. The molecule has 0 radical (unpaired) electrons. The van der Waals surface area contributed by atoms with E-state index in [-0.39, 0.29) is 12.1 Å². The maximum atomic E-state index is 12.6. The number of nitrogens with zero attached hydrogens (tertiary/aromatic N) is 1. The summed E-state index contributed by atoms with van der Waals surface area (Å²) in [7, 11) is 0. The standard InChI is InChI=1S/C12H10F3NO3/c13-12(14,15)11(19)16-8(6-10(17)18)5-7-3-1-2-4-9(7)16/h1-4,8H,5-6H2,(H,17,18). The zero-order valence-corrected chi connectivity index (χ0v) is 9.65. The predicted octanol–water partition coefficient (Wildman–Crippen LogP) is 1.98. The molecule has 1 aromatic carbocycles. The summed E-state index contributed by atoms with van der Waals surface area (Å²) in [6, 6.07) is 5.13. The Balaban J connectivity index is 2.39. The molecule has 1 atom stereocenters. The summed E-state index contributed by atoms with van der Waals surface area (Å²) in [6.45, 7) is 0. The van der Waals surface area contributed by atoms with E-state index in [0.29, 0.717) is 10.5 Å². The number of halogens is 3. The molecule has 7 heteroatoms. The normalized spacial score (nSPS) is 18.3. The predicted molar refractivity (Wildman–Crippen MR) is 59.7 cm³/mol. The van der Waals surface area contributed by atoms with E-state index < -0.39 is 30.5 Å². The van der Waals surface area contributed by atoms with Gasteiger partial charge in [0.25, 0.3) is 0 Å². The highest BCUT2D eigenvalue weighted by Crippen LogP contribution is 2.36. The van der Waals surface area contributed by atoms with Crippen molar-refractivity contribution in [2.24, 2.45) is 0 Å². The average Bonchev–Trinajstić information content (AvgIpc) is 2.63. The Kier molecular flexibility index (Phi) is 3.21. The summed E-state index contributed by atoms with van der Waals surface area (Å²) in [5.41, 5.74) is 0.683. The summed E-state index contributed by atoms with van der Waals surface area (Å²) >= 11 is 0. The minimum Gasteiger partial charge on any atom is -0.481 e. The molecular weight excluding hydrogens is 263 g/mol. The van der Waals surface area contributed by atoms with Crippen LogP contribution in [0.25, 0.3) is 0 Å². The molecule has 0 fully saturated rings. The number of benzene rings is 1. The number of alkyl halides is 3. The third kappa shape index (κ3) is 2.54. The van der Waals surface area contributed by atoms with Crippen LogP contribution in [0.3, 0.4) is 0 Å². The number of rotatable bonds is 2. The number of hydrogen-bond acceptors (Lipinski definition) is 2. The quantitative estimate of drug-likeness (QED) is 0.896. The molecule has 102 valence electrons. The lowest BCUT2D eigenvalue weighted by Gasteiger charge is -2.25. The van der Waals surface area contributed by atoms with Crippen molar-refractivity contribution in [3.8, 4) is 0 Å². The molecule has 4 nitrogen and oxygen atoms in total. The topological polar surface area (TPSA) is 57.6 Å². The van der Waals surface area contributed by atoms with Crippen LogP contribution in [0.1, 0.15) is 12.0 Å². The van der Waals surface area contributed by atoms with Gasteiger partial charge in [-0.15, -0.1) is 0 Å². The van der Waals surface area contributed by atoms with E-state index in [1.165, 1.54) is 12.1 Å².